The van der Waals surface area contributed by atoms with Crippen LogP contribution in [0.1, 0.15) is 45.0 Å². The van der Waals surface area contributed by atoms with Crippen LogP contribution in [0.3, 0.4) is 0 Å². The molecule has 5 heteroatoms. The number of hydrogen-bond acceptors (Lipinski definition) is 4. The number of anilines is 2. The highest BCUT2D eigenvalue weighted by Gasteiger charge is 2.33. The average Bonchev–Trinajstić information content (AvgIpc) is 2.54. The maximum Gasteiger partial charge on any atom is 0.233 e. The minimum absolute atomic E-state index is 0.0527. The van der Waals surface area contributed by atoms with Crippen LogP contribution in [0.5, 0.6) is 0 Å². The Labute approximate surface area is 101 Å². The molecule has 0 unspecified atom stereocenters. The molecule has 0 fully saturated rings. The van der Waals surface area contributed by atoms with Crippen LogP contribution in [0, 0.1) is 0 Å². The van der Waals surface area contributed by atoms with E-state index >= 15 is 0 Å². The van der Waals surface area contributed by atoms with E-state index in [0.717, 1.165) is 5.56 Å². The van der Waals surface area contributed by atoms with Gasteiger partial charge in [0, 0.05) is 17.5 Å². The van der Waals surface area contributed by atoms with Crippen molar-refractivity contribution in [3.8, 4) is 0 Å². The summed E-state index contributed by atoms with van der Waals surface area (Å²) in [5, 5.41) is 0. The number of carbonyl (C=O) groups excluding carboxylic acids is 1. The van der Waals surface area contributed by atoms with Crippen LogP contribution in [0.15, 0.2) is 0 Å². The highest BCUT2D eigenvalue weighted by Crippen LogP contribution is 2.32. The van der Waals surface area contributed by atoms with Crippen molar-refractivity contribution in [3.05, 3.63) is 11.4 Å². The van der Waals surface area contributed by atoms with Gasteiger partial charge in [0.2, 0.25) is 5.91 Å². The first-order valence-corrected chi connectivity index (χ1v) is 5.90. The second-order valence-electron chi connectivity index (χ2n) is 4.96. The Morgan fingerprint density at radius 3 is 2.41 bits per heavy atom. The van der Waals surface area contributed by atoms with Crippen molar-refractivity contribution >= 4 is 17.5 Å². The fourth-order valence-corrected chi connectivity index (χ4v) is 2.02. The summed E-state index contributed by atoms with van der Waals surface area (Å²) in [5.41, 5.74) is 6.68. The van der Waals surface area contributed by atoms with Crippen LogP contribution in [0.25, 0.3) is 0 Å². The molecule has 0 saturated carbocycles. The molecule has 2 N–H and O–H groups in total. The van der Waals surface area contributed by atoms with Gasteiger partial charge in [-0.25, -0.2) is 9.97 Å². The zero-order chi connectivity index (χ0) is 12.7. The van der Waals surface area contributed by atoms with E-state index in [1.54, 1.807) is 4.90 Å². The number of carbonyl (C=O) groups is 1. The molecule has 0 atom stereocenters. The number of hydrogen-bond donors (Lipinski definition) is 1. The van der Waals surface area contributed by atoms with Crippen LogP contribution >= 0.6 is 0 Å². The van der Waals surface area contributed by atoms with Crippen molar-refractivity contribution < 1.29 is 4.79 Å². The van der Waals surface area contributed by atoms with Crippen molar-refractivity contribution in [3.63, 3.8) is 0 Å². The molecule has 1 aromatic rings. The zero-order valence-electron chi connectivity index (χ0n) is 10.7. The summed E-state index contributed by atoms with van der Waals surface area (Å²) in [6.45, 7) is 7.97. The molecule has 1 aliphatic heterocycles. The lowest BCUT2D eigenvalue weighted by Crippen LogP contribution is -2.34. The molecule has 2 rings (SSSR count). The van der Waals surface area contributed by atoms with Crippen LogP contribution in [0.4, 0.5) is 11.6 Å². The smallest absolute Gasteiger partial charge is 0.233 e. The largest absolute Gasteiger partial charge is 0.383 e. The minimum Gasteiger partial charge on any atom is -0.383 e. The fraction of sp³-hybridized carbons (Fsp3) is 0.583. The first-order chi connectivity index (χ1) is 7.91. The first kappa shape index (κ1) is 11.8. The van der Waals surface area contributed by atoms with Gasteiger partial charge in [0.25, 0.3) is 0 Å². The fourth-order valence-electron chi connectivity index (χ4n) is 2.02. The molecule has 5 nitrogen and oxygen atoms in total. The Hall–Kier alpha value is -1.65. The van der Waals surface area contributed by atoms with Crippen molar-refractivity contribution in [2.45, 2.75) is 46.1 Å². The number of amides is 1. The van der Waals surface area contributed by atoms with E-state index in [2.05, 4.69) is 9.97 Å². The van der Waals surface area contributed by atoms with Crippen LogP contribution in [-0.2, 0) is 11.2 Å². The Bertz CT molecular complexity index is 468. The highest BCUT2D eigenvalue weighted by molar-refractivity contribution is 6.02. The van der Waals surface area contributed by atoms with E-state index in [-0.39, 0.29) is 17.9 Å². The summed E-state index contributed by atoms with van der Waals surface area (Å²) in [4.78, 5) is 22.4. The standard InChI is InChI=1S/C12H18N4O/c1-6(2)11-14-10(13)8-5-9(17)16(7(3)4)12(8)15-11/h6-7H,5H2,1-4H3,(H2,13,14,15). The van der Waals surface area contributed by atoms with Crippen LogP contribution in [0.2, 0.25) is 0 Å². The Kier molecular flexibility index (Phi) is 2.77. The van der Waals surface area contributed by atoms with Crippen molar-refractivity contribution in [2.24, 2.45) is 0 Å². The van der Waals surface area contributed by atoms with Gasteiger partial charge in [-0.15, -0.1) is 0 Å². The molecular weight excluding hydrogens is 216 g/mol. The monoisotopic (exact) mass is 234 g/mol. The number of rotatable bonds is 2. The Balaban J connectivity index is 2.56. The molecule has 0 aromatic carbocycles. The number of nitrogens with two attached hydrogens (primary N) is 1. The van der Waals surface area contributed by atoms with E-state index in [9.17, 15) is 4.79 Å². The molecule has 0 spiro atoms. The molecule has 0 saturated heterocycles. The molecule has 1 aromatic heterocycles. The van der Waals surface area contributed by atoms with Crippen molar-refractivity contribution in [1.82, 2.24) is 9.97 Å². The second-order valence-corrected chi connectivity index (χ2v) is 4.96. The lowest BCUT2D eigenvalue weighted by molar-refractivity contribution is -0.117. The highest BCUT2D eigenvalue weighted by atomic mass is 16.2. The molecular formula is C12H18N4O. The van der Waals surface area contributed by atoms with E-state index < -0.39 is 0 Å². The second kappa shape index (κ2) is 3.98. The lowest BCUT2D eigenvalue weighted by Gasteiger charge is -2.21. The third kappa shape index (κ3) is 1.85. The van der Waals surface area contributed by atoms with Crippen LogP contribution in [-0.4, -0.2) is 21.9 Å². The maximum atomic E-state index is 11.9. The first-order valence-electron chi connectivity index (χ1n) is 5.90. The lowest BCUT2D eigenvalue weighted by atomic mass is 10.2. The van der Waals surface area contributed by atoms with Gasteiger partial charge in [-0.05, 0) is 13.8 Å². The normalized spacial score (nSPS) is 14.9. The van der Waals surface area contributed by atoms with E-state index in [1.165, 1.54) is 0 Å². The molecule has 92 valence electrons. The molecule has 1 amide bonds. The predicted molar refractivity (Wildman–Crippen MR) is 66.9 cm³/mol. The molecule has 0 radical (unpaired) electrons. The number of nitrogen functional groups attached to an aromatic ring is 1. The Morgan fingerprint density at radius 1 is 1.24 bits per heavy atom. The van der Waals surface area contributed by atoms with E-state index in [0.29, 0.717) is 23.9 Å². The summed E-state index contributed by atoms with van der Waals surface area (Å²) in [5.74, 6) is 2.09. The van der Waals surface area contributed by atoms with Crippen molar-refractivity contribution in [1.29, 1.82) is 0 Å². The molecule has 0 bridgehead atoms. The SMILES string of the molecule is CC(C)c1nc(N)c2c(n1)N(C(C)C)C(=O)C2. The predicted octanol–water partition coefficient (Wildman–Crippen LogP) is 1.48. The number of fused-ring (bicyclic) bond motifs is 1. The average molecular weight is 234 g/mol. The van der Waals surface area contributed by atoms with Crippen molar-refractivity contribution in [2.75, 3.05) is 10.6 Å². The van der Waals surface area contributed by atoms with E-state index in [4.69, 9.17) is 5.73 Å². The summed E-state index contributed by atoms with van der Waals surface area (Å²) < 4.78 is 0. The van der Waals surface area contributed by atoms with Gasteiger partial charge >= 0.3 is 0 Å². The van der Waals surface area contributed by atoms with Gasteiger partial charge in [0.1, 0.15) is 17.5 Å². The molecule has 1 aliphatic rings. The van der Waals surface area contributed by atoms with Gasteiger partial charge in [-0.2, -0.15) is 0 Å². The van der Waals surface area contributed by atoms with E-state index in [1.807, 2.05) is 27.7 Å². The van der Waals surface area contributed by atoms with Gasteiger partial charge in [0.15, 0.2) is 0 Å². The van der Waals surface area contributed by atoms with Crippen LogP contribution < -0.4 is 10.6 Å². The maximum absolute atomic E-state index is 11.9. The van der Waals surface area contributed by atoms with Gasteiger partial charge < -0.3 is 5.73 Å². The number of nitrogens with zero attached hydrogens (tertiary/aromatic N) is 3. The molecule has 0 aliphatic carbocycles. The third-order valence-electron chi connectivity index (χ3n) is 2.89. The molecule has 17 heavy (non-hydrogen) atoms. The third-order valence-corrected chi connectivity index (χ3v) is 2.89. The van der Waals surface area contributed by atoms with Gasteiger partial charge in [-0.1, -0.05) is 13.8 Å². The quantitative estimate of drug-likeness (QED) is 0.841. The topological polar surface area (TPSA) is 72.1 Å². The zero-order valence-corrected chi connectivity index (χ0v) is 10.7. The summed E-state index contributed by atoms with van der Waals surface area (Å²) >= 11 is 0. The molecule has 2 heterocycles. The number of aromatic nitrogens is 2. The summed E-state index contributed by atoms with van der Waals surface area (Å²) in [6, 6.07) is 0.0954. The van der Waals surface area contributed by atoms with Gasteiger partial charge in [0.05, 0.1) is 6.42 Å². The summed E-state index contributed by atoms with van der Waals surface area (Å²) in [7, 11) is 0. The summed E-state index contributed by atoms with van der Waals surface area (Å²) in [6.07, 6.45) is 0.317. The van der Waals surface area contributed by atoms with Gasteiger partial charge in [-0.3, -0.25) is 9.69 Å². The minimum atomic E-state index is 0.0527. The Morgan fingerprint density at radius 2 is 1.88 bits per heavy atom.